The molecule has 1 fully saturated rings. The molecule has 0 spiro atoms. The van der Waals surface area contributed by atoms with Gasteiger partial charge in [-0.2, -0.15) is 0 Å². The number of carbonyl (C=O) groups excluding carboxylic acids is 1. The molecule has 2 N–H and O–H groups in total. The predicted molar refractivity (Wildman–Crippen MR) is 85.2 cm³/mol. The molecule has 0 saturated carbocycles. The summed E-state index contributed by atoms with van der Waals surface area (Å²) in [6, 6.07) is -0.303. The van der Waals surface area contributed by atoms with Crippen molar-refractivity contribution in [2.45, 2.75) is 89.7 Å². The molecule has 1 saturated heterocycles. The van der Waals surface area contributed by atoms with Crippen LogP contribution in [0.15, 0.2) is 0 Å². The second kappa shape index (κ2) is 12.0. The fraction of sp³-hybridized carbons (Fsp3) is 0.941. The van der Waals surface area contributed by atoms with Crippen molar-refractivity contribution in [2.24, 2.45) is 0 Å². The Hall–Kier alpha value is -0.610. The molecule has 4 nitrogen and oxygen atoms in total. The first-order valence-electron chi connectivity index (χ1n) is 8.82. The summed E-state index contributed by atoms with van der Waals surface area (Å²) in [5, 5.41) is 12.3. The van der Waals surface area contributed by atoms with Gasteiger partial charge in [0, 0.05) is 13.0 Å². The van der Waals surface area contributed by atoms with Crippen molar-refractivity contribution in [3.8, 4) is 0 Å². The zero-order chi connectivity index (χ0) is 15.3. The summed E-state index contributed by atoms with van der Waals surface area (Å²) >= 11 is 0. The summed E-state index contributed by atoms with van der Waals surface area (Å²) in [5.74, 6) is -0.206. The molecule has 1 aliphatic heterocycles. The fourth-order valence-electron chi connectivity index (χ4n) is 2.76. The maximum absolute atomic E-state index is 11.7. The number of unbranched alkanes of at least 4 members (excludes halogenated alkanes) is 9. The summed E-state index contributed by atoms with van der Waals surface area (Å²) < 4.78 is 5.23. The fourth-order valence-corrected chi connectivity index (χ4v) is 2.76. The second-order valence-electron chi connectivity index (χ2n) is 6.20. The van der Waals surface area contributed by atoms with E-state index in [1.54, 1.807) is 0 Å². The van der Waals surface area contributed by atoms with Crippen LogP contribution in [0.2, 0.25) is 0 Å². The number of esters is 1. The minimum atomic E-state index is -0.403. The molecule has 0 bridgehead atoms. The highest BCUT2D eigenvalue weighted by Gasteiger charge is 2.28. The van der Waals surface area contributed by atoms with Crippen molar-refractivity contribution in [3.05, 3.63) is 0 Å². The third-order valence-electron chi connectivity index (χ3n) is 4.13. The number of rotatable bonds is 12. The van der Waals surface area contributed by atoms with E-state index in [1.807, 2.05) is 0 Å². The molecule has 4 heteroatoms. The lowest BCUT2D eigenvalue weighted by Gasteiger charge is -2.10. The zero-order valence-corrected chi connectivity index (χ0v) is 13.6. The highest BCUT2D eigenvalue weighted by Crippen LogP contribution is 2.11. The number of hydrogen-bond acceptors (Lipinski definition) is 4. The average Bonchev–Trinajstić information content (AvgIpc) is 2.91. The molecular weight excluding hydrogens is 266 g/mol. The number of nitrogens with one attached hydrogen (secondary N) is 1. The van der Waals surface area contributed by atoms with E-state index < -0.39 is 6.10 Å². The van der Waals surface area contributed by atoms with Crippen molar-refractivity contribution in [1.29, 1.82) is 0 Å². The van der Waals surface area contributed by atoms with Crippen LogP contribution in [0.3, 0.4) is 0 Å². The first-order chi connectivity index (χ1) is 10.2. The highest BCUT2D eigenvalue weighted by molar-refractivity contribution is 5.76. The Balaban J connectivity index is 1.81. The van der Waals surface area contributed by atoms with E-state index in [2.05, 4.69) is 12.2 Å². The van der Waals surface area contributed by atoms with Gasteiger partial charge in [-0.15, -0.1) is 0 Å². The van der Waals surface area contributed by atoms with E-state index in [-0.39, 0.29) is 12.0 Å². The normalized spacial score (nSPS) is 21.6. The molecule has 0 radical (unpaired) electrons. The van der Waals surface area contributed by atoms with E-state index >= 15 is 0 Å². The molecule has 0 amide bonds. The summed E-state index contributed by atoms with van der Waals surface area (Å²) in [6.07, 6.45) is 12.9. The molecule has 0 unspecified atom stereocenters. The third kappa shape index (κ3) is 9.10. The molecule has 21 heavy (non-hydrogen) atoms. The van der Waals surface area contributed by atoms with Gasteiger partial charge in [0.1, 0.15) is 6.04 Å². The minimum absolute atomic E-state index is 0.206. The van der Waals surface area contributed by atoms with Gasteiger partial charge in [0.25, 0.3) is 0 Å². The van der Waals surface area contributed by atoms with Crippen molar-refractivity contribution < 1.29 is 14.6 Å². The number of ether oxygens (including phenoxy) is 1. The maximum atomic E-state index is 11.7. The average molecular weight is 299 g/mol. The van der Waals surface area contributed by atoms with Crippen LogP contribution in [0.5, 0.6) is 0 Å². The van der Waals surface area contributed by atoms with Gasteiger partial charge in [-0.05, 0) is 6.42 Å². The van der Waals surface area contributed by atoms with Crippen LogP contribution in [-0.4, -0.2) is 36.4 Å². The first-order valence-corrected chi connectivity index (χ1v) is 8.82. The molecule has 0 aromatic carbocycles. The quantitative estimate of drug-likeness (QED) is 0.429. The minimum Gasteiger partial charge on any atom is -0.465 e. The second-order valence-corrected chi connectivity index (χ2v) is 6.20. The Morgan fingerprint density at radius 2 is 1.62 bits per heavy atom. The van der Waals surface area contributed by atoms with Crippen molar-refractivity contribution >= 4 is 5.97 Å². The number of β-amino-alcohol motifs (C(OH)–C–C–N with tert-alkyl or cyclic N) is 1. The van der Waals surface area contributed by atoms with E-state index in [9.17, 15) is 9.90 Å². The summed E-state index contributed by atoms with van der Waals surface area (Å²) in [4.78, 5) is 11.7. The molecule has 2 atom stereocenters. The molecule has 0 aromatic heterocycles. The summed E-state index contributed by atoms with van der Waals surface area (Å²) in [5.41, 5.74) is 0. The van der Waals surface area contributed by atoms with Crippen molar-refractivity contribution in [1.82, 2.24) is 5.32 Å². The largest absolute Gasteiger partial charge is 0.465 e. The molecule has 1 rings (SSSR count). The Labute approximate surface area is 129 Å². The van der Waals surface area contributed by atoms with E-state index in [0.717, 1.165) is 12.8 Å². The van der Waals surface area contributed by atoms with E-state index in [1.165, 1.54) is 51.4 Å². The van der Waals surface area contributed by atoms with Gasteiger partial charge in [-0.1, -0.05) is 64.7 Å². The van der Waals surface area contributed by atoms with E-state index in [4.69, 9.17) is 4.74 Å². The zero-order valence-electron chi connectivity index (χ0n) is 13.6. The lowest BCUT2D eigenvalue weighted by molar-refractivity contribution is -0.146. The van der Waals surface area contributed by atoms with Gasteiger partial charge < -0.3 is 15.2 Å². The monoisotopic (exact) mass is 299 g/mol. The maximum Gasteiger partial charge on any atom is 0.323 e. The first kappa shape index (κ1) is 18.4. The highest BCUT2D eigenvalue weighted by atomic mass is 16.5. The summed E-state index contributed by atoms with van der Waals surface area (Å²) in [7, 11) is 0. The topological polar surface area (TPSA) is 58.6 Å². The van der Waals surface area contributed by atoms with Gasteiger partial charge >= 0.3 is 5.97 Å². The van der Waals surface area contributed by atoms with Crippen LogP contribution >= 0.6 is 0 Å². The van der Waals surface area contributed by atoms with Gasteiger partial charge in [0.2, 0.25) is 0 Å². The van der Waals surface area contributed by atoms with Crippen LogP contribution in [0.25, 0.3) is 0 Å². The lowest BCUT2D eigenvalue weighted by Crippen LogP contribution is -2.32. The standard InChI is InChI=1S/C17H33NO3/c1-2-3-4-5-6-7-8-9-10-11-12-21-17(20)16-13-15(19)14-18-16/h15-16,18-19H,2-14H2,1H3/t15-,16+/m1/s1. The van der Waals surface area contributed by atoms with Gasteiger partial charge in [0.05, 0.1) is 12.7 Å². The smallest absolute Gasteiger partial charge is 0.323 e. The van der Waals surface area contributed by atoms with Crippen LogP contribution < -0.4 is 5.32 Å². The predicted octanol–water partition coefficient (Wildman–Crippen LogP) is 3.17. The Bertz CT molecular complexity index is 271. The Morgan fingerprint density at radius 1 is 1.05 bits per heavy atom. The van der Waals surface area contributed by atoms with Gasteiger partial charge in [0.15, 0.2) is 0 Å². The molecular formula is C17H33NO3. The molecule has 1 heterocycles. The van der Waals surface area contributed by atoms with Crippen LogP contribution in [0.1, 0.15) is 77.6 Å². The third-order valence-corrected chi connectivity index (χ3v) is 4.13. The van der Waals surface area contributed by atoms with Crippen LogP contribution in [0, 0.1) is 0 Å². The Morgan fingerprint density at radius 3 is 2.14 bits per heavy atom. The number of hydrogen-bond donors (Lipinski definition) is 2. The Kier molecular flexibility index (Phi) is 10.5. The van der Waals surface area contributed by atoms with Crippen LogP contribution in [-0.2, 0) is 9.53 Å². The van der Waals surface area contributed by atoms with Gasteiger partial charge in [-0.3, -0.25) is 4.79 Å². The summed E-state index contributed by atoms with van der Waals surface area (Å²) in [6.45, 7) is 3.26. The van der Waals surface area contributed by atoms with Crippen molar-refractivity contribution in [2.75, 3.05) is 13.2 Å². The van der Waals surface area contributed by atoms with Gasteiger partial charge in [-0.25, -0.2) is 0 Å². The van der Waals surface area contributed by atoms with Crippen LogP contribution in [0.4, 0.5) is 0 Å². The number of aliphatic hydroxyl groups is 1. The molecule has 124 valence electrons. The molecule has 0 aliphatic carbocycles. The molecule has 1 aliphatic rings. The van der Waals surface area contributed by atoms with E-state index in [0.29, 0.717) is 19.6 Å². The SMILES string of the molecule is CCCCCCCCCCCCOC(=O)[C@@H]1C[C@@H](O)CN1. The lowest BCUT2D eigenvalue weighted by atomic mass is 10.1. The van der Waals surface area contributed by atoms with Crippen molar-refractivity contribution in [3.63, 3.8) is 0 Å². The number of aliphatic hydroxyl groups excluding tert-OH is 1. The number of carbonyl (C=O) groups is 1. The molecule has 0 aromatic rings.